The van der Waals surface area contributed by atoms with E-state index in [0.29, 0.717) is 0 Å². The van der Waals surface area contributed by atoms with Crippen molar-refractivity contribution in [2.24, 2.45) is 0 Å². The van der Waals surface area contributed by atoms with E-state index in [1.54, 1.807) is 0 Å². The SMILES string of the molecule is CC(NCC1(NC(=O)OC(C)(C)C)CCC1)c1csc(Cl)c1. The van der Waals surface area contributed by atoms with E-state index in [1.807, 2.05) is 26.8 Å². The number of hydrogen-bond acceptors (Lipinski definition) is 4. The molecule has 22 heavy (non-hydrogen) atoms. The standard InChI is InChI=1S/C16H25ClN2O2S/c1-11(12-8-13(17)22-9-12)18-10-16(6-5-7-16)19-14(20)21-15(2,3)4/h8-9,11,18H,5-7,10H2,1-4H3,(H,19,20). The van der Waals surface area contributed by atoms with Crippen LogP contribution in [0.1, 0.15) is 58.6 Å². The van der Waals surface area contributed by atoms with Gasteiger partial charge < -0.3 is 15.4 Å². The van der Waals surface area contributed by atoms with Gasteiger partial charge in [0.05, 0.1) is 9.88 Å². The number of carbonyl (C=O) groups excluding carboxylic acids is 1. The number of amides is 1. The molecule has 1 aliphatic rings. The topological polar surface area (TPSA) is 50.4 Å². The summed E-state index contributed by atoms with van der Waals surface area (Å²) < 4.78 is 6.17. The molecule has 1 unspecified atom stereocenters. The number of thiophene rings is 1. The fourth-order valence-corrected chi connectivity index (χ4v) is 3.47. The second-order valence-electron chi connectivity index (χ2n) is 7.05. The minimum absolute atomic E-state index is 0.184. The summed E-state index contributed by atoms with van der Waals surface area (Å²) in [5.41, 5.74) is 0.529. The number of halogens is 1. The van der Waals surface area contributed by atoms with Crippen LogP contribution in [0.4, 0.5) is 4.79 Å². The smallest absolute Gasteiger partial charge is 0.408 e. The summed E-state index contributed by atoms with van der Waals surface area (Å²) >= 11 is 7.52. The molecule has 1 fully saturated rings. The van der Waals surface area contributed by atoms with E-state index in [-0.39, 0.29) is 17.7 Å². The number of ether oxygens (including phenoxy) is 1. The normalized spacial score (nSPS) is 18.4. The third-order valence-electron chi connectivity index (χ3n) is 3.91. The lowest BCUT2D eigenvalue weighted by Crippen LogP contribution is -2.60. The summed E-state index contributed by atoms with van der Waals surface area (Å²) in [5.74, 6) is 0. The van der Waals surface area contributed by atoms with Crippen molar-refractivity contribution in [3.05, 3.63) is 21.3 Å². The molecule has 1 atom stereocenters. The molecule has 1 heterocycles. The maximum atomic E-state index is 12.0. The number of nitrogens with one attached hydrogen (secondary N) is 2. The van der Waals surface area contributed by atoms with Crippen LogP contribution >= 0.6 is 22.9 Å². The summed E-state index contributed by atoms with van der Waals surface area (Å²) in [4.78, 5) is 12.0. The minimum atomic E-state index is -0.469. The number of rotatable bonds is 5. The third-order valence-corrected chi connectivity index (χ3v) is 5.02. The molecule has 6 heteroatoms. The van der Waals surface area contributed by atoms with E-state index < -0.39 is 5.60 Å². The Morgan fingerprint density at radius 2 is 2.18 bits per heavy atom. The molecule has 124 valence electrons. The fourth-order valence-electron chi connectivity index (χ4n) is 2.49. The molecule has 0 spiro atoms. The quantitative estimate of drug-likeness (QED) is 0.826. The maximum absolute atomic E-state index is 12.0. The molecule has 0 aliphatic heterocycles. The van der Waals surface area contributed by atoms with Crippen LogP contribution in [0, 0.1) is 0 Å². The van der Waals surface area contributed by atoms with Crippen molar-refractivity contribution in [2.45, 2.75) is 64.1 Å². The Bertz CT molecular complexity index is 520. The van der Waals surface area contributed by atoms with Gasteiger partial charge in [-0.3, -0.25) is 0 Å². The molecule has 0 aromatic carbocycles. The molecule has 4 nitrogen and oxygen atoms in total. The molecule has 0 radical (unpaired) electrons. The van der Waals surface area contributed by atoms with Crippen LogP contribution in [0.5, 0.6) is 0 Å². The molecular weight excluding hydrogens is 320 g/mol. The van der Waals surface area contributed by atoms with Gasteiger partial charge in [0, 0.05) is 12.6 Å². The lowest BCUT2D eigenvalue weighted by molar-refractivity contribution is 0.0379. The van der Waals surface area contributed by atoms with Gasteiger partial charge in [0.15, 0.2) is 0 Å². The monoisotopic (exact) mass is 344 g/mol. The molecule has 1 aromatic rings. The zero-order chi connectivity index (χ0) is 16.4. The second-order valence-corrected chi connectivity index (χ2v) is 8.59. The maximum Gasteiger partial charge on any atom is 0.408 e. The van der Waals surface area contributed by atoms with Crippen LogP contribution in [0.2, 0.25) is 4.34 Å². The van der Waals surface area contributed by atoms with Crippen molar-refractivity contribution >= 4 is 29.0 Å². The summed E-state index contributed by atoms with van der Waals surface area (Å²) in [6, 6.07) is 2.19. The third kappa shape index (κ3) is 4.86. The first-order chi connectivity index (χ1) is 10.2. The number of alkyl carbamates (subject to hydrolysis) is 1. The van der Waals surface area contributed by atoms with E-state index in [0.717, 1.165) is 30.1 Å². The largest absolute Gasteiger partial charge is 0.444 e. The Morgan fingerprint density at radius 1 is 1.50 bits per heavy atom. The molecule has 2 rings (SSSR count). The van der Waals surface area contributed by atoms with Crippen LogP contribution in [0.25, 0.3) is 0 Å². The van der Waals surface area contributed by atoms with Crippen molar-refractivity contribution < 1.29 is 9.53 Å². The Morgan fingerprint density at radius 3 is 2.64 bits per heavy atom. The highest BCUT2D eigenvalue weighted by Gasteiger charge is 2.39. The zero-order valence-corrected chi connectivity index (χ0v) is 15.2. The van der Waals surface area contributed by atoms with E-state index in [4.69, 9.17) is 16.3 Å². The van der Waals surface area contributed by atoms with Crippen LogP contribution in [-0.2, 0) is 4.74 Å². The van der Waals surface area contributed by atoms with Gasteiger partial charge in [0.25, 0.3) is 0 Å². The molecule has 0 bridgehead atoms. The van der Waals surface area contributed by atoms with Gasteiger partial charge >= 0.3 is 6.09 Å². The average molecular weight is 345 g/mol. The Hall–Kier alpha value is -0.780. The highest BCUT2D eigenvalue weighted by atomic mass is 35.5. The molecule has 1 amide bonds. The first-order valence-corrected chi connectivity index (χ1v) is 8.93. The fraction of sp³-hybridized carbons (Fsp3) is 0.688. The molecular formula is C16H25ClN2O2S. The number of hydrogen-bond donors (Lipinski definition) is 2. The second kappa shape index (κ2) is 6.77. The van der Waals surface area contributed by atoms with E-state index in [2.05, 4.69) is 22.9 Å². The van der Waals surface area contributed by atoms with Gasteiger partial charge in [-0.05, 0) is 64.0 Å². The van der Waals surface area contributed by atoms with E-state index in [1.165, 1.54) is 16.9 Å². The lowest BCUT2D eigenvalue weighted by atomic mass is 9.76. The Balaban J connectivity index is 1.87. The highest BCUT2D eigenvalue weighted by Crippen LogP contribution is 2.33. The lowest BCUT2D eigenvalue weighted by Gasteiger charge is -2.43. The summed E-state index contributed by atoms with van der Waals surface area (Å²) in [5, 5.41) is 8.62. The first kappa shape index (κ1) is 17.6. The summed E-state index contributed by atoms with van der Waals surface area (Å²) in [6.45, 7) is 8.47. The summed E-state index contributed by atoms with van der Waals surface area (Å²) in [6.07, 6.45) is 2.77. The van der Waals surface area contributed by atoms with Crippen molar-refractivity contribution in [2.75, 3.05) is 6.54 Å². The van der Waals surface area contributed by atoms with E-state index in [9.17, 15) is 4.79 Å². The van der Waals surface area contributed by atoms with Gasteiger partial charge in [0.2, 0.25) is 0 Å². The molecule has 0 saturated heterocycles. The van der Waals surface area contributed by atoms with Gasteiger partial charge in [0.1, 0.15) is 5.60 Å². The van der Waals surface area contributed by atoms with Gasteiger partial charge in [-0.2, -0.15) is 0 Å². The van der Waals surface area contributed by atoms with E-state index >= 15 is 0 Å². The molecule has 2 N–H and O–H groups in total. The van der Waals surface area contributed by atoms with Crippen molar-refractivity contribution in [1.29, 1.82) is 0 Å². The van der Waals surface area contributed by atoms with Crippen molar-refractivity contribution in [3.63, 3.8) is 0 Å². The van der Waals surface area contributed by atoms with Crippen molar-refractivity contribution in [3.8, 4) is 0 Å². The zero-order valence-electron chi connectivity index (χ0n) is 13.7. The summed E-state index contributed by atoms with van der Waals surface area (Å²) in [7, 11) is 0. The predicted octanol–water partition coefficient (Wildman–Crippen LogP) is 4.50. The molecule has 1 aromatic heterocycles. The van der Waals surface area contributed by atoms with Crippen molar-refractivity contribution in [1.82, 2.24) is 10.6 Å². The van der Waals surface area contributed by atoms with Gasteiger partial charge in [-0.1, -0.05) is 11.6 Å². The molecule has 1 saturated carbocycles. The van der Waals surface area contributed by atoms with Gasteiger partial charge in [-0.25, -0.2) is 4.79 Å². The minimum Gasteiger partial charge on any atom is -0.444 e. The Labute approximate surface area is 141 Å². The van der Waals surface area contributed by atoms with Crippen LogP contribution in [-0.4, -0.2) is 23.8 Å². The number of carbonyl (C=O) groups is 1. The first-order valence-electron chi connectivity index (χ1n) is 7.68. The van der Waals surface area contributed by atoms with Crippen LogP contribution < -0.4 is 10.6 Å². The average Bonchev–Trinajstić information content (AvgIpc) is 2.76. The van der Waals surface area contributed by atoms with Crippen LogP contribution in [0.3, 0.4) is 0 Å². The predicted molar refractivity (Wildman–Crippen MR) is 91.7 cm³/mol. The molecule has 1 aliphatic carbocycles. The Kier molecular flexibility index (Phi) is 5.41. The van der Waals surface area contributed by atoms with Gasteiger partial charge in [-0.15, -0.1) is 11.3 Å². The highest BCUT2D eigenvalue weighted by molar-refractivity contribution is 7.14. The van der Waals surface area contributed by atoms with Crippen LogP contribution in [0.15, 0.2) is 11.4 Å².